The van der Waals surface area contributed by atoms with Gasteiger partial charge in [0.2, 0.25) is 6.79 Å². The van der Waals surface area contributed by atoms with E-state index >= 15 is 0 Å². The lowest BCUT2D eigenvalue weighted by molar-refractivity contribution is 0.0951. The molecule has 0 radical (unpaired) electrons. The average molecular weight is 482 g/mol. The van der Waals surface area contributed by atoms with Crippen LogP contribution in [0.3, 0.4) is 0 Å². The zero-order chi connectivity index (χ0) is 24.6. The van der Waals surface area contributed by atoms with Crippen molar-refractivity contribution in [3.8, 4) is 17.2 Å². The quantitative estimate of drug-likeness (QED) is 0.397. The number of hydrogen-bond donors (Lipinski definition) is 1. The molecule has 36 heavy (non-hydrogen) atoms. The molecule has 0 saturated carbocycles. The second kappa shape index (κ2) is 8.81. The standard InChI is InChI=1S/C28H23N3O5/c1-34-21-5-2-4-19(12-21)16-31-24-14-20(8-9-22(24)30-11-3-6-23(30)28(31)33)27(32)29-15-18-7-10-25-26(13-18)36-17-35-25/h2-14H,15-17H2,1H3,(H,29,32). The van der Waals surface area contributed by atoms with Gasteiger partial charge >= 0.3 is 0 Å². The third-order valence-corrected chi connectivity index (χ3v) is 6.37. The summed E-state index contributed by atoms with van der Waals surface area (Å²) in [5, 5.41) is 2.96. The molecule has 0 spiro atoms. The number of hydrogen-bond acceptors (Lipinski definition) is 5. The van der Waals surface area contributed by atoms with Gasteiger partial charge in [0.15, 0.2) is 11.5 Å². The van der Waals surface area contributed by atoms with Crippen molar-refractivity contribution in [3.63, 3.8) is 0 Å². The number of nitrogens with one attached hydrogen (secondary N) is 1. The Bertz CT molecular complexity index is 1680. The Morgan fingerprint density at radius 2 is 1.81 bits per heavy atom. The minimum absolute atomic E-state index is 0.131. The fraction of sp³-hybridized carbons (Fsp3) is 0.143. The summed E-state index contributed by atoms with van der Waals surface area (Å²) in [6.45, 7) is 0.881. The Kier molecular flexibility index (Phi) is 5.33. The summed E-state index contributed by atoms with van der Waals surface area (Å²) in [7, 11) is 1.61. The van der Waals surface area contributed by atoms with Crippen LogP contribution < -0.4 is 25.1 Å². The lowest BCUT2D eigenvalue weighted by Crippen LogP contribution is -2.25. The van der Waals surface area contributed by atoms with Gasteiger partial charge in [-0.05, 0) is 65.7 Å². The van der Waals surface area contributed by atoms with E-state index in [0.717, 1.165) is 22.4 Å². The molecule has 180 valence electrons. The fourth-order valence-electron chi connectivity index (χ4n) is 4.54. The van der Waals surface area contributed by atoms with E-state index in [0.29, 0.717) is 41.2 Å². The van der Waals surface area contributed by atoms with Gasteiger partial charge in [0.25, 0.3) is 11.5 Å². The summed E-state index contributed by atoms with van der Waals surface area (Å²) >= 11 is 0. The first-order chi connectivity index (χ1) is 17.6. The van der Waals surface area contributed by atoms with Gasteiger partial charge in [-0.2, -0.15) is 0 Å². The van der Waals surface area contributed by atoms with Crippen LogP contribution in [-0.4, -0.2) is 28.8 Å². The summed E-state index contributed by atoms with van der Waals surface area (Å²) in [6, 6.07) is 22.3. The van der Waals surface area contributed by atoms with Crippen LogP contribution >= 0.6 is 0 Å². The van der Waals surface area contributed by atoms with Crippen molar-refractivity contribution >= 4 is 22.5 Å². The van der Waals surface area contributed by atoms with Crippen molar-refractivity contribution in [1.82, 2.24) is 14.3 Å². The van der Waals surface area contributed by atoms with Gasteiger partial charge in [-0.15, -0.1) is 0 Å². The molecule has 0 aliphatic carbocycles. The Morgan fingerprint density at radius 1 is 0.917 bits per heavy atom. The van der Waals surface area contributed by atoms with E-state index in [2.05, 4.69) is 5.32 Å². The number of carbonyl (C=O) groups is 1. The molecule has 3 aromatic carbocycles. The van der Waals surface area contributed by atoms with Crippen molar-refractivity contribution in [2.75, 3.05) is 13.9 Å². The minimum Gasteiger partial charge on any atom is -0.497 e. The molecular weight excluding hydrogens is 458 g/mol. The van der Waals surface area contributed by atoms with Crippen molar-refractivity contribution in [2.45, 2.75) is 13.1 Å². The zero-order valence-corrected chi connectivity index (χ0v) is 19.6. The maximum atomic E-state index is 13.4. The topological polar surface area (TPSA) is 83.2 Å². The third kappa shape index (κ3) is 3.82. The number of fused-ring (bicyclic) bond motifs is 4. The molecule has 1 aliphatic rings. The van der Waals surface area contributed by atoms with Crippen LogP contribution in [0, 0.1) is 0 Å². The van der Waals surface area contributed by atoms with Gasteiger partial charge in [-0.25, -0.2) is 0 Å². The SMILES string of the molecule is COc1cccc(Cn2c(=O)c3cccn3c3ccc(C(=O)NCc4ccc5c(c4)OCO5)cc32)c1. The number of nitrogens with zero attached hydrogens (tertiary/aromatic N) is 2. The molecule has 0 atom stereocenters. The van der Waals surface area contributed by atoms with Crippen molar-refractivity contribution in [3.05, 3.63) is 106 Å². The van der Waals surface area contributed by atoms with E-state index in [4.69, 9.17) is 14.2 Å². The second-order valence-electron chi connectivity index (χ2n) is 8.58. The summed E-state index contributed by atoms with van der Waals surface area (Å²) in [6.07, 6.45) is 1.86. The molecule has 8 nitrogen and oxygen atoms in total. The molecule has 1 N–H and O–H groups in total. The van der Waals surface area contributed by atoms with Crippen LogP contribution in [0.4, 0.5) is 0 Å². The van der Waals surface area contributed by atoms with Crippen molar-refractivity contribution in [1.29, 1.82) is 0 Å². The van der Waals surface area contributed by atoms with Gasteiger partial charge in [0, 0.05) is 18.3 Å². The van der Waals surface area contributed by atoms with Crippen LogP contribution in [0.2, 0.25) is 0 Å². The highest BCUT2D eigenvalue weighted by molar-refractivity contribution is 5.97. The number of methoxy groups -OCH3 is 1. The van der Waals surface area contributed by atoms with E-state index in [9.17, 15) is 9.59 Å². The summed E-state index contributed by atoms with van der Waals surface area (Å²) in [5.74, 6) is 1.86. The number of rotatable bonds is 6. The fourth-order valence-corrected chi connectivity index (χ4v) is 4.54. The summed E-state index contributed by atoms with van der Waals surface area (Å²) in [5.41, 5.74) is 4.24. The molecular formula is C28H23N3O5. The molecule has 0 saturated heterocycles. The van der Waals surface area contributed by atoms with E-state index in [1.54, 1.807) is 29.9 Å². The van der Waals surface area contributed by atoms with E-state index in [1.165, 1.54) is 0 Å². The first kappa shape index (κ1) is 21.8. The largest absolute Gasteiger partial charge is 0.497 e. The molecule has 2 aromatic heterocycles. The monoisotopic (exact) mass is 481 g/mol. The van der Waals surface area contributed by atoms with Crippen LogP contribution in [-0.2, 0) is 13.1 Å². The molecule has 1 amide bonds. The van der Waals surface area contributed by atoms with Gasteiger partial charge in [-0.3, -0.25) is 9.59 Å². The normalized spacial score (nSPS) is 12.2. The summed E-state index contributed by atoms with van der Waals surface area (Å²) < 4.78 is 19.7. The van der Waals surface area contributed by atoms with Gasteiger partial charge in [0.1, 0.15) is 11.3 Å². The molecule has 6 rings (SSSR count). The first-order valence-electron chi connectivity index (χ1n) is 11.5. The molecule has 1 aliphatic heterocycles. The van der Waals surface area contributed by atoms with Crippen LogP contribution in [0.25, 0.3) is 16.6 Å². The molecule has 8 heteroatoms. The van der Waals surface area contributed by atoms with Gasteiger partial charge in [0.05, 0.1) is 24.7 Å². The van der Waals surface area contributed by atoms with Crippen molar-refractivity contribution in [2.24, 2.45) is 0 Å². The zero-order valence-electron chi connectivity index (χ0n) is 19.6. The van der Waals surface area contributed by atoms with Gasteiger partial charge in [-0.1, -0.05) is 18.2 Å². The number of amides is 1. The van der Waals surface area contributed by atoms with Crippen LogP contribution in [0.1, 0.15) is 21.5 Å². The van der Waals surface area contributed by atoms with E-state index < -0.39 is 0 Å². The number of aromatic nitrogens is 2. The Labute approximate surface area is 206 Å². The third-order valence-electron chi connectivity index (χ3n) is 6.37. The highest BCUT2D eigenvalue weighted by Gasteiger charge is 2.16. The smallest absolute Gasteiger partial charge is 0.275 e. The molecule has 0 fully saturated rings. The Hall–Kier alpha value is -4.72. The molecule has 0 bridgehead atoms. The maximum absolute atomic E-state index is 13.4. The highest BCUT2D eigenvalue weighted by atomic mass is 16.7. The predicted molar refractivity (Wildman–Crippen MR) is 135 cm³/mol. The lowest BCUT2D eigenvalue weighted by Gasteiger charge is -2.15. The lowest BCUT2D eigenvalue weighted by atomic mass is 10.1. The van der Waals surface area contributed by atoms with E-state index in [1.807, 2.05) is 65.2 Å². The van der Waals surface area contributed by atoms with Crippen molar-refractivity contribution < 1.29 is 19.0 Å². The highest BCUT2D eigenvalue weighted by Crippen LogP contribution is 2.32. The number of carbonyl (C=O) groups excluding carboxylic acids is 1. The van der Waals surface area contributed by atoms with Crippen LogP contribution in [0.5, 0.6) is 17.2 Å². The van der Waals surface area contributed by atoms with Crippen LogP contribution in [0.15, 0.2) is 83.8 Å². The molecule has 5 aromatic rings. The maximum Gasteiger partial charge on any atom is 0.275 e. The minimum atomic E-state index is -0.234. The van der Waals surface area contributed by atoms with E-state index in [-0.39, 0.29) is 18.3 Å². The predicted octanol–water partition coefficient (Wildman–Crippen LogP) is 3.97. The number of ether oxygens (including phenoxy) is 3. The Balaban J connectivity index is 1.35. The molecule has 0 unspecified atom stereocenters. The average Bonchev–Trinajstić information content (AvgIpc) is 3.59. The number of benzene rings is 3. The molecule has 3 heterocycles. The second-order valence-corrected chi connectivity index (χ2v) is 8.58. The summed E-state index contributed by atoms with van der Waals surface area (Å²) in [4.78, 5) is 26.5. The van der Waals surface area contributed by atoms with Gasteiger partial charge < -0.3 is 28.5 Å². The first-order valence-corrected chi connectivity index (χ1v) is 11.5. The Morgan fingerprint density at radius 3 is 2.69 bits per heavy atom.